The number of hydrogen-bond acceptors (Lipinski definition) is 6. The van der Waals surface area contributed by atoms with Crippen molar-refractivity contribution < 1.29 is 9.53 Å². The zero-order chi connectivity index (χ0) is 16.6. The molecule has 24 heavy (non-hydrogen) atoms. The van der Waals surface area contributed by atoms with Crippen LogP contribution in [0.3, 0.4) is 0 Å². The summed E-state index contributed by atoms with van der Waals surface area (Å²) in [5.41, 5.74) is 3.58. The second kappa shape index (κ2) is 8.56. The lowest BCUT2D eigenvalue weighted by Crippen LogP contribution is -2.27. The van der Waals surface area contributed by atoms with E-state index >= 15 is 0 Å². The number of carbonyl (C=O) groups excluding carboxylic acids is 1. The highest BCUT2D eigenvalue weighted by Crippen LogP contribution is 2.15. The van der Waals surface area contributed by atoms with Crippen LogP contribution in [0.15, 0.2) is 46.6 Å². The molecule has 0 unspecified atom stereocenters. The zero-order valence-corrected chi connectivity index (χ0v) is 14.6. The molecule has 0 atom stereocenters. The highest BCUT2D eigenvalue weighted by atomic mass is 32.1. The summed E-state index contributed by atoms with van der Waals surface area (Å²) in [7, 11) is 0. The Balaban J connectivity index is 1.41. The third-order valence-electron chi connectivity index (χ3n) is 3.23. The largest absolute Gasteiger partial charge is 0.486 e. The molecule has 3 aromatic rings. The van der Waals surface area contributed by atoms with Crippen LogP contribution in [0.25, 0.3) is 0 Å². The van der Waals surface area contributed by atoms with E-state index in [1.54, 1.807) is 16.8 Å². The van der Waals surface area contributed by atoms with Gasteiger partial charge in [-0.15, -0.1) is 22.7 Å². The molecular weight excluding hydrogens is 342 g/mol. The minimum Gasteiger partial charge on any atom is -0.486 e. The minimum atomic E-state index is -0.0222. The van der Waals surface area contributed by atoms with E-state index in [1.807, 2.05) is 41.1 Å². The first-order valence-corrected chi connectivity index (χ1v) is 9.37. The molecule has 124 valence electrons. The van der Waals surface area contributed by atoms with Gasteiger partial charge in [-0.1, -0.05) is 18.2 Å². The molecule has 2 aromatic heterocycles. The van der Waals surface area contributed by atoms with Crippen molar-refractivity contribution >= 4 is 28.6 Å². The summed E-state index contributed by atoms with van der Waals surface area (Å²) in [4.78, 5) is 20.6. The quantitative estimate of drug-likeness (QED) is 0.671. The molecule has 0 aliphatic carbocycles. The van der Waals surface area contributed by atoms with E-state index in [-0.39, 0.29) is 5.91 Å². The summed E-state index contributed by atoms with van der Waals surface area (Å²) in [6.07, 6.45) is 1.04. The minimum absolute atomic E-state index is 0.0222. The van der Waals surface area contributed by atoms with Gasteiger partial charge in [0.2, 0.25) is 5.91 Å². The molecule has 1 aromatic carbocycles. The fourth-order valence-electron chi connectivity index (χ4n) is 2.08. The van der Waals surface area contributed by atoms with E-state index in [1.165, 1.54) is 11.3 Å². The number of amides is 1. The smallest absolute Gasteiger partial charge is 0.226 e. The lowest BCUT2D eigenvalue weighted by Gasteiger charge is -2.03. The number of carbonyl (C=O) groups is 1. The Morgan fingerprint density at radius 1 is 1.17 bits per heavy atom. The van der Waals surface area contributed by atoms with Crippen LogP contribution in [-0.2, 0) is 24.2 Å². The number of benzene rings is 1. The van der Waals surface area contributed by atoms with E-state index in [9.17, 15) is 4.79 Å². The van der Waals surface area contributed by atoms with Crippen LogP contribution in [0.2, 0.25) is 0 Å². The molecule has 0 spiro atoms. The van der Waals surface area contributed by atoms with E-state index in [0.29, 0.717) is 19.6 Å². The van der Waals surface area contributed by atoms with Gasteiger partial charge in [0, 0.05) is 23.7 Å². The lowest BCUT2D eigenvalue weighted by molar-refractivity contribution is -0.120. The molecule has 0 aliphatic rings. The molecule has 7 heteroatoms. The van der Waals surface area contributed by atoms with E-state index in [2.05, 4.69) is 15.3 Å². The predicted octanol–water partition coefficient (Wildman–Crippen LogP) is 3.08. The van der Waals surface area contributed by atoms with Crippen molar-refractivity contribution in [2.75, 3.05) is 6.54 Å². The Morgan fingerprint density at radius 3 is 2.83 bits per heavy atom. The first-order valence-electron chi connectivity index (χ1n) is 7.54. The predicted molar refractivity (Wildman–Crippen MR) is 95.4 cm³/mol. The highest BCUT2D eigenvalue weighted by Gasteiger charge is 2.08. The van der Waals surface area contributed by atoms with Crippen LogP contribution in [0.1, 0.15) is 16.4 Å². The van der Waals surface area contributed by atoms with Crippen LogP contribution in [0.5, 0.6) is 5.75 Å². The van der Waals surface area contributed by atoms with Crippen molar-refractivity contribution in [2.24, 2.45) is 0 Å². The summed E-state index contributed by atoms with van der Waals surface area (Å²) in [5.74, 6) is 0.792. The maximum Gasteiger partial charge on any atom is 0.226 e. The van der Waals surface area contributed by atoms with Crippen molar-refractivity contribution in [1.29, 1.82) is 0 Å². The van der Waals surface area contributed by atoms with Gasteiger partial charge in [0.25, 0.3) is 0 Å². The van der Waals surface area contributed by atoms with Gasteiger partial charge in [-0.05, 0) is 12.1 Å². The summed E-state index contributed by atoms with van der Waals surface area (Å²) >= 11 is 3.07. The van der Waals surface area contributed by atoms with Crippen LogP contribution in [-0.4, -0.2) is 22.4 Å². The number of aromatic nitrogens is 2. The Labute approximate surface area is 148 Å². The number of hydrogen-bond donors (Lipinski definition) is 1. The Bertz CT molecular complexity index is 757. The number of thiazole rings is 2. The van der Waals surface area contributed by atoms with Crippen molar-refractivity contribution in [3.63, 3.8) is 0 Å². The molecular formula is C17H17N3O2S2. The van der Waals surface area contributed by atoms with E-state index in [0.717, 1.165) is 28.6 Å². The van der Waals surface area contributed by atoms with Crippen molar-refractivity contribution in [2.45, 2.75) is 19.4 Å². The molecule has 0 saturated carbocycles. The third kappa shape index (κ3) is 5.14. The summed E-state index contributed by atoms with van der Waals surface area (Å²) in [6, 6.07) is 9.62. The van der Waals surface area contributed by atoms with Crippen LogP contribution in [0, 0.1) is 0 Å². The molecule has 0 saturated heterocycles. The molecule has 0 bridgehead atoms. The van der Waals surface area contributed by atoms with Gasteiger partial charge < -0.3 is 10.1 Å². The first kappa shape index (κ1) is 16.6. The van der Waals surface area contributed by atoms with Crippen molar-refractivity contribution in [1.82, 2.24) is 15.3 Å². The Hall–Kier alpha value is -2.25. The number of nitrogens with one attached hydrogen (secondary N) is 1. The average molecular weight is 359 g/mol. The topological polar surface area (TPSA) is 64.1 Å². The lowest BCUT2D eigenvalue weighted by atomic mass is 10.3. The average Bonchev–Trinajstić information content (AvgIpc) is 3.26. The van der Waals surface area contributed by atoms with Gasteiger partial charge in [-0.25, -0.2) is 9.97 Å². The Kier molecular flexibility index (Phi) is 5.92. The zero-order valence-electron chi connectivity index (χ0n) is 13.0. The molecule has 0 fully saturated rings. The van der Waals surface area contributed by atoms with Crippen LogP contribution < -0.4 is 10.1 Å². The summed E-state index contributed by atoms with van der Waals surface area (Å²) in [6.45, 7) is 1.01. The van der Waals surface area contributed by atoms with Gasteiger partial charge in [-0.3, -0.25) is 4.79 Å². The second-order valence-electron chi connectivity index (χ2n) is 5.09. The summed E-state index contributed by atoms with van der Waals surface area (Å²) < 4.78 is 5.66. The first-order chi connectivity index (χ1) is 11.8. The maximum atomic E-state index is 11.9. The molecule has 3 rings (SSSR count). The molecule has 5 nitrogen and oxygen atoms in total. The molecule has 1 N–H and O–H groups in total. The van der Waals surface area contributed by atoms with Crippen molar-refractivity contribution in [3.05, 3.63) is 63.0 Å². The van der Waals surface area contributed by atoms with Gasteiger partial charge in [-0.2, -0.15) is 0 Å². The Morgan fingerprint density at radius 2 is 2.04 bits per heavy atom. The number of ether oxygens (including phenoxy) is 1. The van der Waals surface area contributed by atoms with Crippen molar-refractivity contribution in [3.8, 4) is 5.75 Å². The normalized spacial score (nSPS) is 10.5. The third-order valence-corrected chi connectivity index (χ3v) is 4.74. The van der Waals surface area contributed by atoms with Crippen LogP contribution >= 0.6 is 22.7 Å². The van der Waals surface area contributed by atoms with E-state index < -0.39 is 0 Å². The second-order valence-corrected chi connectivity index (χ2v) is 6.75. The van der Waals surface area contributed by atoms with Gasteiger partial charge in [0.05, 0.1) is 23.3 Å². The number of para-hydroxylation sites is 1. The SMILES string of the molecule is O=C(Cc1csc(COc2ccccc2)n1)NCCc1cscn1. The molecule has 0 radical (unpaired) electrons. The standard InChI is InChI=1S/C17H17N3O2S2/c21-16(18-7-6-13-10-23-12-19-13)8-14-11-24-17(20-14)9-22-15-4-2-1-3-5-15/h1-5,10-12H,6-9H2,(H,18,21). The molecule has 0 aliphatic heterocycles. The van der Waals surface area contributed by atoms with E-state index in [4.69, 9.17) is 4.74 Å². The number of nitrogens with zero attached hydrogens (tertiary/aromatic N) is 2. The summed E-state index contributed by atoms with van der Waals surface area (Å²) in [5, 5.41) is 7.66. The van der Waals surface area contributed by atoms with Gasteiger partial charge in [0.1, 0.15) is 17.4 Å². The number of rotatable bonds is 8. The molecule has 2 heterocycles. The highest BCUT2D eigenvalue weighted by molar-refractivity contribution is 7.09. The van der Waals surface area contributed by atoms with Gasteiger partial charge in [0.15, 0.2) is 0 Å². The van der Waals surface area contributed by atoms with Crippen LogP contribution in [0.4, 0.5) is 0 Å². The fourth-order valence-corrected chi connectivity index (χ4v) is 3.37. The van der Waals surface area contributed by atoms with Gasteiger partial charge >= 0.3 is 0 Å². The monoisotopic (exact) mass is 359 g/mol. The maximum absolute atomic E-state index is 11.9. The fraction of sp³-hybridized carbons (Fsp3) is 0.235. The molecule has 1 amide bonds.